The van der Waals surface area contributed by atoms with E-state index in [0.29, 0.717) is 16.4 Å². The number of hydrogen-bond donors (Lipinski definition) is 2. The number of rotatable bonds is 3. The van der Waals surface area contributed by atoms with Crippen molar-refractivity contribution in [1.82, 2.24) is 0 Å². The Kier molecular flexibility index (Phi) is 4.72. The Balaban J connectivity index is 2.18. The molecular weight excluding hydrogens is 298 g/mol. The van der Waals surface area contributed by atoms with Crippen molar-refractivity contribution in [2.75, 3.05) is 10.6 Å². The van der Waals surface area contributed by atoms with Gasteiger partial charge in [0, 0.05) is 17.3 Å². The number of nitro groups is 1. The van der Waals surface area contributed by atoms with E-state index >= 15 is 0 Å². The first kappa shape index (κ1) is 15.9. The van der Waals surface area contributed by atoms with Gasteiger partial charge in [-0.15, -0.1) is 0 Å². The highest BCUT2D eigenvalue weighted by atomic mass is 32.1. The molecule has 0 aliphatic rings. The van der Waals surface area contributed by atoms with Crippen molar-refractivity contribution in [2.24, 2.45) is 0 Å². The van der Waals surface area contributed by atoms with Crippen LogP contribution in [-0.2, 0) is 0 Å². The molecule has 0 unspecified atom stereocenters. The maximum Gasteiger partial charge on any atom is 0.274 e. The number of aryl methyl sites for hydroxylation is 3. The lowest BCUT2D eigenvalue weighted by atomic mass is 10.1. The minimum Gasteiger partial charge on any atom is -0.332 e. The number of nitrogens with one attached hydrogen (secondary N) is 2. The summed E-state index contributed by atoms with van der Waals surface area (Å²) in [6.45, 7) is 5.60. The number of nitro benzene ring substituents is 1. The molecule has 2 aromatic rings. The molecule has 0 spiro atoms. The molecule has 0 aromatic heterocycles. The molecule has 2 N–H and O–H groups in total. The smallest absolute Gasteiger partial charge is 0.274 e. The van der Waals surface area contributed by atoms with E-state index < -0.39 is 4.92 Å². The number of hydrogen-bond acceptors (Lipinski definition) is 3. The monoisotopic (exact) mass is 315 g/mol. The van der Waals surface area contributed by atoms with Crippen LogP contribution in [0.25, 0.3) is 0 Å². The van der Waals surface area contributed by atoms with Crippen molar-refractivity contribution in [2.45, 2.75) is 20.8 Å². The van der Waals surface area contributed by atoms with Crippen molar-refractivity contribution in [1.29, 1.82) is 0 Å². The molecule has 0 saturated heterocycles. The molecule has 0 fully saturated rings. The fourth-order valence-electron chi connectivity index (χ4n) is 2.18. The van der Waals surface area contributed by atoms with E-state index in [9.17, 15) is 10.1 Å². The molecule has 0 heterocycles. The maximum atomic E-state index is 11.0. The second-order valence-electron chi connectivity index (χ2n) is 5.16. The van der Waals surface area contributed by atoms with Gasteiger partial charge in [-0.05, 0) is 62.3 Å². The van der Waals surface area contributed by atoms with Crippen LogP contribution in [0.3, 0.4) is 0 Å². The van der Waals surface area contributed by atoms with E-state index in [1.165, 1.54) is 6.07 Å². The van der Waals surface area contributed by atoms with Gasteiger partial charge in [-0.1, -0.05) is 12.1 Å². The fourth-order valence-corrected chi connectivity index (χ4v) is 2.41. The van der Waals surface area contributed by atoms with Gasteiger partial charge in [0.25, 0.3) is 5.69 Å². The van der Waals surface area contributed by atoms with Gasteiger partial charge in [-0.25, -0.2) is 0 Å². The molecule has 0 radical (unpaired) electrons. The first-order valence-electron chi connectivity index (χ1n) is 6.77. The Morgan fingerprint density at radius 2 is 1.82 bits per heavy atom. The van der Waals surface area contributed by atoms with E-state index in [-0.39, 0.29) is 5.69 Å². The molecule has 5 nitrogen and oxygen atoms in total. The summed E-state index contributed by atoms with van der Waals surface area (Å²) in [5.41, 5.74) is 4.22. The number of anilines is 2. The predicted molar refractivity (Wildman–Crippen MR) is 93.6 cm³/mol. The molecular formula is C16H17N3O2S. The van der Waals surface area contributed by atoms with E-state index in [1.807, 2.05) is 38.1 Å². The van der Waals surface area contributed by atoms with E-state index in [1.54, 1.807) is 13.0 Å². The maximum absolute atomic E-state index is 11.0. The summed E-state index contributed by atoms with van der Waals surface area (Å²) in [6, 6.07) is 11.1. The van der Waals surface area contributed by atoms with Gasteiger partial charge >= 0.3 is 0 Å². The number of benzene rings is 2. The van der Waals surface area contributed by atoms with Crippen molar-refractivity contribution >= 4 is 34.4 Å². The van der Waals surface area contributed by atoms with Crippen LogP contribution in [0.5, 0.6) is 0 Å². The molecule has 0 bridgehead atoms. The van der Waals surface area contributed by atoms with Gasteiger partial charge in [0.1, 0.15) is 0 Å². The molecule has 22 heavy (non-hydrogen) atoms. The van der Waals surface area contributed by atoms with Crippen LogP contribution < -0.4 is 10.6 Å². The van der Waals surface area contributed by atoms with Gasteiger partial charge in [-0.3, -0.25) is 10.1 Å². The standard InChI is InChI=1S/C16H17N3O2S/c1-10-5-4-6-13(7-10)17-16(22)18-14-9-15(19(20)21)12(3)8-11(14)2/h4-9H,1-3H3,(H2,17,18,22). The van der Waals surface area contributed by atoms with Crippen LogP contribution in [0.1, 0.15) is 16.7 Å². The minimum absolute atomic E-state index is 0.0754. The normalized spacial score (nSPS) is 10.1. The lowest BCUT2D eigenvalue weighted by Crippen LogP contribution is -2.19. The zero-order chi connectivity index (χ0) is 16.3. The highest BCUT2D eigenvalue weighted by Gasteiger charge is 2.14. The van der Waals surface area contributed by atoms with E-state index in [2.05, 4.69) is 10.6 Å². The lowest BCUT2D eigenvalue weighted by molar-refractivity contribution is -0.385. The Morgan fingerprint density at radius 1 is 1.09 bits per heavy atom. The summed E-state index contributed by atoms with van der Waals surface area (Å²) >= 11 is 5.27. The molecule has 0 aliphatic carbocycles. The summed E-state index contributed by atoms with van der Waals surface area (Å²) in [7, 11) is 0. The quantitative estimate of drug-likeness (QED) is 0.501. The molecule has 2 aromatic carbocycles. The third-order valence-electron chi connectivity index (χ3n) is 3.26. The Morgan fingerprint density at radius 3 is 2.45 bits per heavy atom. The van der Waals surface area contributed by atoms with Crippen molar-refractivity contribution < 1.29 is 4.92 Å². The van der Waals surface area contributed by atoms with E-state index in [0.717, 1.165) is 16.8 Å². The lowest BCUT2D eigenvalue weighted by Gasteiger charge is -2.13. The van der Waals surface area contributed by atoms with Crippen molar-refractivity contribution in [3.63, 3.8) is 0 Å². The SMILES string of the molecule is Cc1cccc(NC(=S)Nc2cc([N+](=O)[O-])c(C)cc2C)c1. The highest BCUT2D eigenvalue weighted by molar-refractivity contribution is 7.80. The number of nitrogens with zero attached hydrogens (tertiary/aromatic N) is 1. The summed E-state index contributed by atoms with van der Waals surface area (Å²) in [4.78, 5) is 10.6. The van der Waals surface area contributed by atoms with Crippen LogP contribution >= 0.6 is 12.2 Å². The van der Waals surface area contributed by atoms with E-state index in [4.69, 9.17) is 12.2 Å². The summed E-state index contributed by atoms with van der Waals surface area (Å²) in [5.74, 6) is 0. The highest BCUT2D eigenvalue weighted by Crippen LogP contribution is 2.26. The molecule has 114 valence electrons. The average molecular weight is 315 g/mol. The van der Waals surface area contributed by atoms with Gasteiger partial charge < -0.3 is 10.6 Å². The second-order valence-corrected chi connectivity index (χ2v) is 5.57. The third-order valence-corrected chi connectivity index (χ3v) is 3.47. The Hall–Kier alpha value is -2.47. The van der Waals surface area contributed by atoms with Crippen LogP contribution in [0, 0.1) is 30.9 Å². The van der Waals surface area contributed by atoms with Crippen LogP contribution in [0.2, 0.25) is 0 Å². The topological polar surface area (TPSA) is 67.2 Å². The zero-order valence-electron chi connectivity index (χ0n) is 12.6. The van der Waals surface area contributed by atoms with Gasteiger partial charge in [-0.2, -0.15) is 0 Å². The van der Waals surface area contributed by atoms with Crippen LogP contribution in [0.15, 0.2) is 36.4 Å². The Labute approximate surface area is 134 Å². The van der Waals surface area contributed by atoms with Crippen molar-refractivity contribution in [3.05, 3.63) is 63.2 Å². The first-order chi connectivity index (χ1) is 10.4. The summed E-state index contributed by atoms with van der Waals surface area (Å²) < 4.78 is 0. The largest absolute Gasteiger partial charge is 0.332 e. The molecule has 0 amide bonds. The van der Waals surface area contributed by atoms with Gasteiger partial charge in [0.15, 0.2) is 5.11 Å². The molecule has 2 rings (SSSR count). The van der Waals surface area contributed by atoms with Gasteiger partial charge in [0.2, 0.25) is 0 Å². The number of thiocarbonyl (C=S) groups is 1. The molecule has 0 atom stereocenters. The van der Waals surface area contributed by atoms with Crippen LogP contribution in [-0.4, -0.2) is 10.0 Å². The third kappa shape index (κ3) is 3.79. The minimum atomic E-state index is -0.392. The van der Waals surface area contributed by atoms with Crippen molar-refractivity contribution in [3.8, 4) is 0 Å². The summed E-state index contributed by atoms with van der Waals surface area (Å²) in [5, 5.41) is 17.5. The molecule has 0 saturated carbocycles. The zero-order valence-corrected chi connectivity index (χ0v) is 13.5. The average Bonchev–Trinajstić information content (AvgIpc) is 2.41. The summed E-state index contributed by atoms with van der Waals surface area (Å²) in [6.07, 6.45) is 0. The Bertz CT molecular complexity index is 744. The van der Waals surface area contributed by atoms with Gasteiger partial charge in [0.05, 0.1) is 10.6 Å². The predicted octanol–water partition coefficient (Wildman–Crippen LogP) is 4.33. The second kappa shape index (κ2) is 6.53. The molecule has 6 heteroatoms. The van der Waals surface area contributed by atoms with Crippen LogP contribution in [0.4, 0.5) is 17.1 Å². The molecule has 0 aliphatic heterocycles. The fraction of sp³-hybridized carbons (Fsp3) is 0.188. The first-order valence-corrected chi connectivity index (χ1v) is 7.18.